The molecule has 1 aromatic rings. The van der Waals surface area contributed by atoms with Crippen LogP contribution in [0.2, 0.25) is 0 Å². The molecule has 0 saturated carbocycles. The van der Waals surface area contributed by atoms with E-state index in [1.165, 1.54) is 11.1 Å². The molecule has 0 N–H and O–H groups in total. The van der Waals surface area contributed by atoms with E-state index < -0.39 is 0 Å². The van der Waals surface area contributed by atoms with Gasteiger partial charge >= 0.3 is 5.97 Å². The topological polar surface area (TPSA) is 29.5 Å². The Morgan fingerprint density at radius 3 is 2.75 bits per heavy atom. The van der Waals surface area contributed by atoms with Crippen LogP contribution in [-0.4, -0.2) is 16.9 Å². The molecule has 1 atom stereocenters. The van der Waals surface area contributed by atoms with Crippen molar-refractivity contribution in [3.05, 3.63) is 47.9 Å². The highest BCUT2D eigenvalue weighted by atomic mass is 16.6. The summed E-state index contributed by atoms with van der Waals surface area (Å²) in [6.45, 7) is 4.47. The minimum Gasteiger partial charge on any atom is -0.409 e. The smallest absolute Gasteiger partial charge is 0.335 e. The molecular formula is C13H15NO2. The summed E-state index contributed by atoms with van der Waals surface area (Å²) in [5.74, 6) is 0.314. The maximum atomic E-state index is 11.5. The fourth-order valence-electron chi connectivity index (χ4n) is 2.24. The van der Waals surface area contributed by atoms with Gasteiger partial charge in [-0.25, -0.2) is 4.79 Å². The van der Waals surface area contributed by atoms with Crippen LogP contribution < -0.4 is 0 Å². The first-order valence-corrected chi connectivity index (χ1v) is 5.00. The van der Waals surface area contributed by atoms with Gasteiger partial charge in [-0.1, -0.05) is 31.7 Å². The van der Waals surface area contributed by atoms with Crippen LogP contribution >= 0.6 is 0 Å². The molecule has 3 nitrogen and oxygen atoms in total. The van der Waals surface area contributed by atoms with Gasteiger partial charge in [-0.3, -0.25) is 0 Å². The van der Waals surface area contributed by atoms with Gasteiger partial charge in [0.15, 0.2) is 5.88 Å². The van der Waals surface area contributed by atoms with E-state index in [9.17, 15) is 4.79 Å². The Morgan fingerprint density at radius 1 is 1.31 bits per heavy atom. The number of ether oxygens (including phenoxy) is 1. The van der Waals surface area contributed by atoms with Crippen LogP contribution in [0.25, 0.3) is 0 Å². The quantitative estimate of drug-likeness (QED) is 0.623. The highest BCUT2D eigenvalue weighted by molar-refractivity contribution is 5.80. The zero-order valence-electron chi connectivity index (χ0n) is 8.27. The van der Waals surface area contributed by atoms with Crippen molar-refractivity contribution in [3.63, 3.8) is 0 Å². The van der Waals surface area contributed by atoms with Crippen LogP contribution in [0.5, 0.6) is 0 Å². The molecule has 0 aromatic heterocycles. The van der Waals surface area contributed by atoms with E-state index in [1.807, 2.05) is 17.0 Å². The SMILES string of the molecule is C.C=C1OC(=O)C2Cc3ccccc3CN12. The van der Waals surface area contributed by atoms with Gasteiger partial charge in [-0.15, -0.1) is 0 Å². The zero-order valence-corrected chi connectivity index (χ0v) is 8.27. The van der Waals surface area contributed by atoms with Gasteiger partial charge in [0.2, 0.25) is 0 Å². The lowest BCUT2D eigenvalue weighted by Crippen LogP contribution is -2.37. The summed E-state index contributed by atoms with van der Waals surface area (Å²) in [7, 11) is 0. The third kappa shape index (κ3) is 1.40. The third-order valence-electron chi connectivity index (χ3n) is 3.06. The lowest BCUT2D eigenvalue weighted by atomic mass is 9.95. The molecule has 3 heteroatoms. The predicted molar refractivity (Wildman–Crippen MR) is 61.4 cm³/mol. The van der Waals surface area contributed by atoms with Crippen molar-refractivity contribution in [2.24, 2.45) is 0 Å². The molecule has 1 saturated heterocycles. The monoisotopic (exact) mass is 217 g/mol. The summed E-state index contributed by atoms with van der Waals surface area (Å²) in [5, 5.41) is 0. The van der Waals surface area contributed by atoms with E-state index in [4.69, 9.17) is 4.74 Å². The second kappa shape index (κ2) is 3.67. The number of carbonyl (C=O) groups excluding carboxylic acids is 1. The average Bonchev–Trinajstić information content (AvgIpc) is 2.52. The van der Waals surface area contributed by atoms with Crippen molar-refractivity contribution in [2.75, 3.05) is 0 Å². The number of esters is 1. The Morgan fingerprint density at radius 2 is 2.00 bits per heavy atom. The number of rotatable bonds is 0. The molecule has 3 rings (SSSR count). The lowest BCUT2D eigenvalue weighted by molar-refractivity contribution is -0.137. The second-order valence-electron chi connectivity index (χ2n) is 3.93. The average molecular weight is 217 g/mol. The molecule has 0 bridgehead atoms. The van der Waals surface area contributed by atoms with Gasteiger partial charge in [0.05, 0.1) is 0 Å². The molecule has 2 aliphatic rings. The molecule has 1 aromatic carbocycles. The number of fused-ring (bicyclic) bond motifs is 2. The van der Waals surface area contributed by atoms with Gasteiger partial charge in [-0.2, -0.15) is 0 Å². The highest BCUT2D eigenvalue weighted by Gasteiger charge is 2.40. The largest absolute Gasteiger partial charge is 0.409 e. The summed E-state index contributed by atoms with van der Waals surface area (Å²) in [6, 6.07) is 8.01. The van der Waals surface area contributed by atoms with Gasteiger partial charge in [0.1, 0.15) is 6.04 Å². The van der Waals surface area contributed by atoms with Crippen molar-refractivity contribution >= 4 is 5.97 Å². The van der Waals surface area contributed by atoms with E-state index >= 15 is 0 Å². The molecule has 1 fully saturated rings. The minimum atomic E-state index is -0.172. The van der Waals surface area contributed by atoms with Crippen LogP contribution in [0, 0.1) is 0 Å². The summed E-state index contributed by atoms with van der Waals surface area (Å²) >= 11 is 0. The fourth-order valence-corrected chi connectivity index (χ4v) is 2.24. The van der Waals surface area contributed by atoms with Crippen LogP contribution in [0.15, 0.2) is 36.7 Å². The summed E-state index contributed by atoms with van der Waals surface area (Å²) in [6.07, 6.45) is 0.730. The number of nitrogens with zero attached hydrogens (tertiary/aromatic N) is 1. The van der Waals surface area contributed by atoms with Crippen molar-refractivity contribution in [3.8, 4) is 0 Å². The maximum Gasteiger partial charge on any atom is 0.335 e. The standard InChI is InChI=1S/C12H11NO2.CH4/c1-8-13-7-10-5-3-2-4-9(10)6-11(13)12(14)15-8;/h2-5,11H,1,6-7H2;1H4. The first-order valence-electron chi connectivity index (χ1n) is 5.00. The first-order chi connectivity index (χ1) is 7.25. The van der Waals surface area contributed by atoms with Gasteiger partial charge in [-0.05, 0) is 17.7 Å². The van der Waals surface area contributed by atoms with Crippen LogP contribution in [0.3, 0.4) is 0 Å². The van der Waals surface area contributed by atoms with Crippen LogP contribution in [0.1, 0.15) is 18.6 Å². The Hall–Kier alpha value is -1.77. The minimum absolute atomic E-state index is 0. The van der Waals surface area contributed by atoms with E-state index in [-0.39, 0.29) is 19.4 Å². The molecule has 0 spiro atoms. The maximum absolute atomic E-state index is 11.5. The number of cyclic esters (lactones) is 1. The Kier molecular flexibility index (Phi) is 2.46. The molecule has 84 valence electrons. The molecule has 0 amide bonds. The number of carbonyl (C=O) groups is 1. The lowest BCUT2D eigenvalue weighted by Gasteiger charge is -2.29. The predicted octanol–water partition coefficient (Wildman–Crippen LogP) is 2.08. The van der Waals surface area contributed by atoms with Crippen molar-refractivity contribution in [1.29, 1.82) is 0 Å². The normalized spacial score (nSPS) is 22.0. The van der Waals surface area contributed by atoms with Crippen molar-refractivity contribution < 1.29 is 9.53 Å². The number of hydrogen-bond acceptors (Lipinski definition) is 3. The Bertz CT molecular complexity index is 412. The number of benzene rings is 1. The fraction of sp³-hybridized carbons (Fsp3) is 0.308. The molecule has 2 heterocycles. The first kappa shape index (κ1) is 10.7. The zero-order chi connectivity index (χ0) is 10.4. The molecular weight excluding hydrogens is 202 g/mol. The van der Waals surface area contributed by atoms with Gasteiger partial charge < -0.3 is 9.64 Å². The van der Waals surface area contributed by atoms with Crippen LogP contribution in [-0.2, 0) is 22.5 Å². The van der Waals surface area contributed by atoms with Gasteiger partial charge in [0, 0.05) is 13.0 Å². The molecule has 16 heavy (non-hydrogen) atoms. The Labute approximate surface area is 95.3 Å². The Balaban J connectivity index is 0.000000963. The van der Waals surface area contributed by atoms with E-state index in [0.717, 1.165) is 13.0 Å². The summed E-state index contributed by atoms with van der Waals surface area (Å²) < 4.78 is 5.03. The second-order valence-corrected chi connectivity index (χ2v) is 3.93. The van der Waals surface area contributed by atoms with E-state index in [2.05, 4.69) is 18.7 Å². The highest BCUT2D eigenvalue weighted by Crippen LogP contribution is 2.31. The van der Waals surface area contributed by atoms with Crippen molar-refractivity contribution in [1.82, 2.24) is 4.90 Å². The van der Waals surface area contributed by atoms with Crippen LogP contribution in [0.4, 0.5) is 0 Å². The molecule has 0 aliphatic carbocycles. The summed E-state index contributed by atoms with van der Waals surface area (Å²) in [4.78, 5) is 13.4. The number of hydrogen-bond donors (Lipinski definition) is 0. The molecule has 1 unspecified atom stereocenters. The third-order valence-corrected chi connectivity index (χ3v) is 3.06. The van der Waals surface area contributed by atoms with E-state index in [0.29, 0.717) is 5.88 Å². The van der Waals surface area contributed by atoms with Gasteiger partial charge in [0.25, 0.3) is 0 Å². The summed E-state index contributed by atoms with van der Waals surface area (Å²) in [5.41, 5.74) is 2.50. The molecule has 2 aliphatic heterocycles. The van der Waals surface area contributed by atoms with E-state index in [1.54, 1.807) is 0 Å². The molecule has 0 radical (unpaired) electrons. The van der Waals surface area contributed by atoms with Crippen molar-refractivity contribution in [2.45, 2.75) is 26.4 Å².